The molecular formula is C10H18N2O2. The molecule has 0 heterocycles. The molecule has 0 aliphatic rings. The monoisotopic (exact) mass is 198 g/mol. The van der Waals surface area contributed by atoms with Gasteiger partial charge in [0.15, 0.2) is 0 Å². The maximum atomic E-state index is 11.6. The first-order valence-corrected chi connectivity index (χ1v) is 4.54. The summed E-state index contributed by atoms with van der Waals surface area (Å²) in [6, 6.07) is 1.92. The van der Waals surface area contributed by atoms with Gasteiger partial charge in [-0.3, -0.25) is 10.1 Å². The van der Waals surface area contributed by atoms with Crippen molar-refractivity contribution >= 4 is 5.97 Å². The molecule has 0 aromatic heterocycles. The lowest BCUT2D eigenvalue weighted by molar-refractivity contribution is -0.161. The summed E-state index contributed by atoms with van der Waals surface area (Å²) in [6.07, 6.45) is 0. The van der Waals surface area contributed by atoms with E-state index in [-0.39, 0.29) is 12.5 Å². The average Bonchev–Trinajstić information content (AvgIpc) is 1.97. The van der Waals surface area contributed by atoms with Gasteiger partial charge in [-0.25, -0.2) is 0 Å². The highest BCUT2D eigenvalue weighted by Crippen LogP contribution is 2.13. The van der Waals surface area contributed by atoms with E-state index < -0.39 is 11.1 Å². The van der Waals surface area contributed by atoms with E-state index in [0.717, 1.165) is 0 Å². The number of carbonyl (C=O) groups excluding carboxylic acids is 1. The van der Waals surface area contributed by atoms with Crippen LogP contribution >= 0.6 is 0 Å². The summed E-state index contributed by atoms with van der Waals surface area (Å²) >= 11 is 0. The Labute approximate surface area is 85.2 Å². The number of carbonyl (C=O) groups is 1. The zero-order valence-electron chi connectivity index (χ0n) is 9.47. The quantitative estimate of drug-likeness (QED) is 0.547. The molecule has 0 unspecified atom stereocenters. The normalized spacial score (nSPS) is 12.0. The summed E-state index contributed by atoms with van der Waals surface area (Å²) in [4.78, 5) is 11.6. The second kappa shape index (κ2) is 4.43. The van der Waals surface area contributed by atoms with Gasteiger partial charge in [0.05, 0.1) is 12.6 Å². The predicted octanol–water partition coefficient (Wildman–Crippen LogP) is 1.22. The lowest BCUT2D eigenvalue weighted by Crippen LogP contribution is -2.49. The average molecular weight is 198 g/mol. The van der Waals surface area contributed by atoms with Gasteiger partial charge in [-0.15, -0.1) is 0 Å². The van der Waals surface area contributed by atoms with Crippen LogP contribution in [-0.4, -0.2) is 23.7 Å². The number of hydrogen-bond acceptors (Lipinski definition) is 4. The third kappa shape index (κ3) is 4.83. The van der Waals surface area contributed by atoms with E-state index in [1.165, 1.54) is 0 Å². The number of nitrogens with zero attached hydrogens (tertiary/aromatic N) is 1. The number of ether oxygens (including phenoxy) is 1. The molecule has 0 rings (SSSR count). The standard InChI is InChI=1S/C10H18N2O2/c1-9(2,3)14-8(13)10(4,5)12-7-6-11/h12H,7H2,1-5H3. The Hall–Kier alpha value is -1.08. The van der Waals surface area contributed by atoms with Crippen LogP contribution in [0.5, 0.6) is 0 Å². The van der Waals surface area contributed by atoms with Crippen molar-refractivity contribution in [3.05, 3.63) is 0 Å². The van der Waals surface area contributed by atoms with E-state index in [1.54, 1.807) is 13.8 Å². The van der Waals surface area contributed by atoms with Crippen molar-refractivity contribution in [1.29, 1.82) is 5.26 Å². The highest BCUT2D eigenvalue weighted by atomic mass is 16.6. The summed E-state index contributed by atoms with van der Waals surface area (Å²) in [6.45, 7) is 8.95. The number of esters is 1. The molecule has 1 N–H and O–H groups in total. The van der Waals surface area contributed by atoms with Gasteiger partial charge in [-0.05, 0) is 34.6 Å². The second-order valence-corrected chi connectivity index (χ2v) is 4.64. The molecule has 0 bridgehead atoms. The molecule has 0 saturated heterocycles. The SMILES string of the molecule is CC(C)(C)OC(=O)C(C)(C)NCC#N. The maximum Gasteiger partial charge on any atom is 0.326 e. The largest absolute Gasteiger partial charge is 0.459 e. The topological polar surface area (TPSA) is 62.1 Å². The van der Waals surface area contributed by atoms with E-state index in [9.17, 15) is 4.79 Å². The van der Waals surface area contributed by atoms with Crippen LogP contribution in [0.1, 0.15) is 34.6 Å². The van der Waals surface area contributed by atoms with Crippen LogP contribution in [0.4, 0.5) is 0 Å². The first-order chi connectivity index (χ1) is 6.19. The molecule has 0 fully saturated rings. The summed E-state index contributed by atoms with van der Waals surface area (Å²) < 4.78 is 5.19. The molecule has 0 aliphatic heterocycles. The summed E-state index contributed by atoms with van der Waals surface area (Å²) in [5.74, 6) is -0.347. The Kier molecular flexibility index (Phi) is 4.08. The Morgan fingerprint density at radius 1 is 1.36 bits per heavy atom. The molecule has 0 amide bonds. The van der Waals surface area contributed by atoms with Crippen LogP contribution < -0.4 is 5.32 Å². The van der Waals surface area contributed by atoms with Gasteiger partial charge in [0.2, 0.25) is 0 Å². The zero-order chi connectivity index (χ0) is 11.4. The fourth-order valence-corrected chi connectivity index (χ4v) is 0.738. The molecule has 0 atom stereocenters. The van der Waals surface area contributed by atoms with Crippen molar-refractivity contribution in [1.82, 2.24) is 5.32 Å². The molecule has 0 saturated carbocycles. The molecule has 80 valence electrons. The van der Waals surface area contributed by atoms with Crippen molar-refractivity contribution in [2.24, 2.45) is 0 Å². The van der Waals surface area contributed by atoms with Crippen LogP contribution in [0.15, 0.2) is 0 Å². The van der Waals surface area contributed by atoms with Gasteiger partial charge >= 0.3 is 5.97 Å². The van der Waals surface area contributed by atoms with Crippen molar-refractivity contribution in [2.75, 3.05) is 6.54 Å². The Morgan fingerprint density at radius 3 is 2.21 bits per heavy atom. The second-order valence-electron chi connectivity index (χ2n) is 4.64. The molecule has 0 aromatic rings. The van der Waals surface area contributed by atoms with E-state index >= 15 is 0 Å². The minimum absolute atomic E-state index is 0.131. The predicted molar refractivity (Wildman–Crippen MR) is 53.5 cm³/mol. The summed E-state index contributed by atoms with van der Waals surface area (Å²) in [5, 5.41) is 11.2. The summed E-state index contributed by atoms with van der Waals surface area (Å²) in [7, 11) is 0. The fraction of sp³-hybridized carbons (Fsp3) is 0.800. The number of rotatable bonds is 3. The van der Waals surface area contributed by atoms with Gasteiger partial charge < -0.3 is 4.74 Å². The number of hydrogen-bond donors (Lipinski definition) is 1. The lowest BCUT2D eigenvalue weighted by Gasteiger charge is -2.28. The van der Waals surface area contributed by atoms with Crippen LogP contribution in [0.3, 0.4) is 0 Å². The summed E-state index contributed by atoms with van der Waals surface area (Å²) in [5.41, 5.74) is -1.31. The maximum absolute atomic E-state index is 11.6. The van der Waals surface area contributed by atoms with E-state index in [1.807, 2.05) is 26.8 Å². The molecule has 0 aromatic carbocycles. The molecular weight excluding hydrogens is 180 g/mol. The van der Waals surface area contributed by atoms with Gasteiger partial charge in [0, 0.05) is 0 Å². The lowest BCUT2D eigenvalue weighted by atomic mass is 10.1. The van der Waals surface area contributed by atoms with Crippen LogP contribution in [0, 0.1) is 11.3 Å². The Morgan fingerprint density at radius 2 is 1.86 bits per heavy atom. The van der Waals surface area contributed by atoms with Crippen LogP contribution in [0.25, 0.3) is 0 Å². The van der Waals surface area contributed by atoms with E-state index in [0.29, 0.717) is 0 Å². The van der Waals surface area contributed by atoms with Gasteiger partial charge in [-0.2, -0.15) is 5.26 Å². The Bertz CT molecular complexity index is 246. The van der Waals surface area contributed by atoms with Gasteiger partial charge in [-0.1, -0.05) is 0 Å². The van der Waals surface area contributed by atoms with Crippen molar-refractivity contribution < 1.29 is 9.53 Å². The fourth-order valence-electron chi connectivity index (χ4n) is 0.738. The highest BCUT2D eigenvalue weighted by molar-refractivity contribution is 5.80. The van der Waals surface area contributed by atoms with Crippen LogP contribution in [0.2, 0.25) is 0 Å². The molecule has 14 heavy (non-hydrogen) atoms. The van der Waals surface area contributed by atoms with E-state index in [4.69, 9.17) is 10.00 Å². The Balaban J connectivity index is 4.30. The molecule has 4 heteroatoms. The molecule has 0 radical (unpaired) electrons. The van der Waals surface area contributed by atoms with Gasteiger partial charge in [0.25, 0.3) is 0 Å². The zero-order valence-corrected chi connectivity index (χ0v) is 9.47. The molecule has 4 nitrogen and oxygen atoms in total. The minimum Gasteiger partial charge on any atom is -0.459 e. The number of nitrogens with one attached hydrogen (secondary N) is 1. The van der Waals surface area contributed by atoms with Crippen molar-refractivity contribution in [3.8, 4) is 6.07 Å². The third-order valence-electron chi connectivity index (χ3n) is 1.52. The number of nitriles is 1. The van der Waals surface area contributed by atoms with Crippen molar-refractivity contribution in [2.45, 2.75) is 45.8 Å². The minimum atomic E-state index is -0.816. The highest BCUT2D eigenvalue weighted by Gasteiger charge is 2.31. The first-order valence-electron chi connectivity index (χ1n) is 4.54. The third-order valence-corrected chi connectivity index (χ3v) is 1.52. The van der Waals surface area contributed by atoms with Gasteiger partial charge in [0.1, 0.15) is 11.1 Å². The molecule has 0 spiro atoms. The van der Waals surface area contributed by atoms with E-state index in [2.05, 4.69) is 5.32 Å². The first kappa shape index (κ1) is 12.9. The van der Waals surface area contributed by atoms with Crippen molar-refractivity contribution in [3.63, 3.8) is 0 Å². The van der Waals surface area contributed by atoms with Crippen LogP contribution in [-0.2, 0) is 9.53 Å². The smallest absolute Gasteiger partial charge is 0.326 e. The molecule has 0 aliphatic carbocycles.